The Labute approximate surface area is 129 Å². The van der Waals surface area contributed by atoms with E-state index in [2.05, 4.69) is 15.3 Å². The first-order valence-corrected chi connectivity index (χ1v) is 7.62. The van der Waals surface area contributed by atoms with Gasteiger partial charge in [-0.1, -0.05) is 11.6 Å². The molecule has 8 heteroatoms. The number of carbonyl (C=O) groups is 2. The number of aromatic amines is 1. The van der Waals surface area contributed by atoms with Gasteiger partial charge in [-0.05, 0) is 30.7 Å². The van der Waals surface area contributed by atoms with Crippen LogP contribution in [0, 0.1) is 0 Å². The molecule has 1 fully saturated rings. The largest absolute Gasteiger partial charge is 0.477 e. The van der Waals surface area contributed by atoms with Crippen LogP contribution in [0.2, 0.25) is 5.02 Å². The van der Waals surface area contributed by atoms with Crippen molar-refractivity contribution in [2.75, 3.05) is 0 Å². The number of aromatic carboxylic acids is 1. The van der Waals surface area contributed by atoms with Crippen molar-refractivity contribution in [3.63, 3.8) is 0 Å². The summed E-state index contributed by atoms with van der Waals surface area (Å²) < 4.78 is 0. The molecule has 0 saturated heterocycles. The minimum atomic E-state index is -1.07. The van der Waals surface area contributed by atoms with Crippen LogP contribution in [0.5, 0.6) is 0 Å². The highest BCUT2D eigenvalue weighted by Gasteiger charge is 2.43. The zero-order valence-corrected chi connectivity index (χ0v) is 12.4. The molecule has 110 valence electrons. The number of halogens is 1. The number of carboxylic acid groups (broad SMARTS) is 1. The molecule has 1 aliphatic carbocycles. The Morgan fingerprint density at radius 3 is 2.71 bits per heavy atom. The maximum Gasteiger partial charge on any atom is 0.353 e. The number of nitrogens with one attached hydrogen (secondary N) is 2. The SMILES string of the molecule is O=C(O)c1cnc(C2(NC(=O)c3sccc3Cl)CCC2)[nH]1. The fourth-order valence-electron chi connectivity index (χ4n) is 2.35. The molecule has 0 aliphatic heterocycles. The Kier molecular flexibility index (Phi) is 3.46. The average Bonchev–Trinajstić information content (AvgIpc) is 3.02. The summed E-state index contributed by atoms with van der Waals surface area (Å²) in [6.07, 6.45) is 3.65. The molecule has 6 nitrogen and oxygen atoms in total. The zero-order chi connectivity index (χ0) is 15.0. The predicted octanol–water partition coefficient (Wildman–Crippen LogP) is 2.63. The van der Waals surface area contributed by atoms with Crippen LogP contribution in [-0.4, -0.2) is 27.0 Å². The summed E-state index contributed by atoms with van der Waals surface area (Å²) in [6, 6.07) is 1.67. The van der Waals surface area contributed by atoms with E-state index < -0.39 is 11.5 Å². The van der Waals surface area contributed by atoms with Gasteiger partial charge >= 0.3 is 5.97 Å². The van der Waals surface area contributed by atoms with Crippen molar-refractivity contribution >= 4 is 34.8 Å². The van der Waals surface area contributed by atoms with Gasteiger partial charge in [0.1, 0.15) is 16.4 Å². The van der Waals surface area contributed by atoms with Crippen LogP contribution in [0.1, 0.15) is 45.2 Å². The second-order valence-corrected chi connectivity index (χ2v) is 6.26. The smallest absolute Gasteiger partial charge is 0.353 e. The maximum atomic E-state index is 12.3. The highest BCUT2D eigenvalue weighted by Crippen LogP contribution is 2.40. The van der Waals surface area contributed by atoms with E-state index in [9.17, 15) is 9.59 Å². The number of aromatic nitrogens is 2. The molecule has 0 unspecified atom stereocenters. The Hall–Kier alpha value is -1.86. The Bertz CT molecular complexity index is 705. The number of carbonyl (C=O) groups excluding carboxylic acids is 1. The highest BCUT2D eigenvalue weighted by atomic mass is 35.5. The molecular weight excluding hydrogens is 314 g/mol. The topological polar surface area (TPSA) is 95.1 Å². The number of hydrogen-bond donors (Lipinski definition) is 3. The fourth-order valence-corrected chi connectivity index (χ4v) is 3.39. The molecule has 2 aromatic heterocycles. The van der Waals surface area contributed by atoms with Crippen molar-refractivity contribution in [1.82, 2.24) is 15.3 Å². The van der Waals surface area contributed by atoms with Gasteiger partial charge < -0.3 is 15.4 Å². The molecule has 0 aromatic carbocycles. The van der Waals surface area contributed by atoms with E-state index in [0.29, 0.717) is 28.6 Å². The van der Waals surface area contributed by atoms with Crippen LogP contribution >= 0.6 is 22.9 Å². The van der Waals surface area contributed by atoms with Gasteiger partial charge in [0.15, 0.2) is 0 Å². The summed E-state index contributed by atoms with van der Waals surface area (Å²) in [5.41, 5.74) is -0.613. The van der Waals surface area contributed by atoms with Gasteiger partial charge in [0.25, 0.3) is 5.91 Å². The Morgan fingerprint density at radius 2 is 2.24 bits per heavy atom. The number of rotatable bonds is 4. The fraction of sp³-hybridized carbons (Fsp3) is 0.308. The molecule has 0 bridgehead atoms. The molecule has 1 saturated carbocycles. The van der Waals surface area contributed by atoms with E-state index in [-0.39, 0.29) is 11.6 Å². The third-order valence-electron chi connectivity index (χ3n) is 3.64. The van der Waals surface area contributed by atoms with Crippen LogP contribution in [0.25, 0.3) is 0 Å². The lowest BCUT2D eigenvalue weighted by molar-refractivity contribution is 0.0690. The summed E-state index contributed by atoms with van der Waals surface area (Å²) in [7, 11) is 0. The minimum Gasteiger partial charge on any atom is -0.477 e. The van der Waals surface area contributed by atoms with E-state index in [0.717, 1.165) is 6.42 Å². The van der Waals surface area contributed by atoms with E-state index in [1.54, 1.807) is 11.4 Å². The van der Waals surface area contributed by atoms with Crippen LogP contribution in [0.15, 0.2) is 17.6 Å². The van der Waals surface area contributed by atoms with Gasteiger partial charge in [-0.25, -0.2) is 9.78 Å². The van der Waals surface area contributed by atoms with Crippen LogP contribution in [-0.2, 0) is 5.54 Å². The maximum absolute atomic E-state index is 12.3. The lowest BCUT2D eigenvalue weighted by atomic mass is 9.76. The first-order valence-electron chi connectivity index (χ1n) is 6.36. The number of imidazole rings is 1. The molecule has 3 N–H and O–H groups in total. The first kappa shape index (κ1) is 14.1. The molecule has 2 aromatic rings. The normalized spacial score (nSPS) is 16.2. The van der Waals surface area contributed by atoms with Gasteiger partial charge in [0, 0.05) is 0 Å². The molecule has 1 aliphatic rings. The molecule has 1 amide bonds. The third kappa shape index (κ3) is 2.43. The van der Waals surface area contributed by atoms with Gasteiger partial charge in [0.05, 0.1) is 16.8 Å². The minimum absolute atomic E-state index is 0.0136. The van der Waals surface area contributed by atoms with Gasteiger partial charge in [0.2, 0.25) is 0 Å². The second kappa shape index (κ2) is 5.16. The number of carboxylic acids is 1. The number of nitrogens with zero attached hydrogens (tertiary/aromatic N) is 1. The van der Waals surface area contributed by atoms with E-state index in [4.69, 9.17) is 16.7 Å². The molecule has 2 heterocycles. The third-order valence-corrected chi connectivity index (χ3v) is 4.98. The molecule has 21 heavy (non-hydrogen) atoms. The number of hydrogen-bond acceptors (Lipinski definition) is 4. The lowest BCUT2D eigenvalue weighted by Crippen LogP contribution is -2.51. The summed E-state index contributed by atoms with van der Waals surface area (Å²) in [5.74, 6) is -0.856. The standard InChI is InChI=1S/C13H12ClN3O3S/c14-7-2-5-21-9(7)10(18)17-13(3-1-4-13)12-15-6-8(16-12)11(19)20/h2,5-6H,1,3-4H2,(H,15,16)(H,17,18)(H,19,20). The summed E-state index contributed by atoms with van der Waals surface area (Å²) >= 11 is 7.23. The molecular formula is C13H12ClN3O3S. The predicted molar refractivity (Wildman–Crippen MR) is 77.9 cm³/mol. The van der Waals surface area contributed by atoms with E-state index >= 15 is 0 Å². The molecule has 0 radical (unpaired) electrons. The summed E-state index contributed by atoms with van der Waals surface area (Å²) in [6.45, 7) is 0. The van der Waals surface area contributed by atoms with Crippen molar-refractivity contribution in [2.24, 2.45) is 0 Å². The van der Waals surface area contributed by atoms with Crippen molar-refractivity contribution in [1.29, 1.82) is 0 Å². The summed E-state index contributed by atoms with van der Waals surface area (Å²) in [5, 5.41) is 14.1. The quantitative estimate of drug-likeness (QED) is 0.805. The van der Waals surface area contributed by atoms with Gasteiger partial charge in [-0.3, -0.25) is 4.79 Å². The van der Waals surface area contributed by atoms with Crippen molar-refractivity contribution < 1.29 is 14.7 Å². The summed E-state index contributed by atoms with van der Waals surface area (Å²) in [4.78, 5) is 30.6. The monoisotopic (exact) mass is 325 g/mol. The average molecular weight is 326 g/mol. The Morgan fingerprint density at radius 1 is 1.48 bits per heavy atom. The molecule has 0 atom stereocenters. The lowest BCUT2D eigenvalue weighted by Gasteiger charge is -2.40. The van der Waals surface area contributed by atoms with Crippen molar-refractivity contribution in [3.05, 3.63) is 39.1 Å². The molecule has 0 spiro atoms. The van der Waals surface area contributed by atoms with Crippen LogP contribution in [0.4, 0.5) is 0 Å². The number of H-pyrrole nitrogens is 1. The van der Waals surface area contributed by atoms with E-state index in [1.807, 2.05) is 0 Å². The van der Waals surface area contributed by atoms with Crippen LogP contribution < -0.4 is 5.32 Å². The van der Waals surface area contributed by atoms with E-state index in [1.165, 1.54) is 17.5 Å². The van der Waals surface area contributed by atoms with Gasteiger partial charge in [-0.2, -0.15) is 0 Å². The van der Waals surface area contributed by atoms with Crippen molar-refractivity contribution in [2.45, 2.75) is 24.8 Å². The van der Waals surface area contributed by atoms with Crippen molar-refractivity contribution in [3.8, 4) is 0 Å². The number of thiophene rings is 1. The first-order chi connectivity index (χ1) is 10.0. The van der Waals surface area contributed by atoms with Crippen LogP contribution in [0.3, 0.4) is 0 Å². The molecule has 3 rings (SSSR count). The van der Waals surface area contributed by atoms with Gasteiger partial charge in [-0.15, -0.1) is 11.3 Å². The zero-order valence-electron chi connectivity index (χ0n) is 10.9. The number of amides is 1. The second-order valence-electron chi connectivity index (χ2n) is 4.94. The Balaban J connectivity index is 1.85. The highest BCUT2D eigenvalue weighted by molar-refractivity contribution is 7.12.